The molecular weight excluding hydrogens is 362 g/mol. The Kier molecular flexibility index (Phi) is 6.66. The summed E-state index contributed by atoms with van der Waals surface area (Å²) >= 11 is 0. The second-order valence-electron chi connectivity index (χ2n) is 7.24. The number of hydrogen-bond acceptors (Lipinski definition) is 4. The van der Waals surface area contributed by atoms with Crippen LogP contribution in [0.1, 0.15) is 37.7 Å². The van der Waals surface area contributed by atoms with Crippen molar-refractivity contribution in [1.82, 2.24) is 15.2 Å². The number of nitrogens with one attached hydrogen (secondary N) is 2. The number of aryl methyl sites for hydroxylation is 1. The summed E-state index contributed by atoms with van der Waals surface area (Å²) in [6.07, 6.45) is 0.391. The number of methoxy groups -OCH3 is 1. The maximum atomic E-state index is 12.8. The molecule has 1 aromatic carbocycles. The fraction of sp³-hybridized carbons (Fsp3) is 0.450. The Morgan fingerprint density at radius 3 is 2.39 bits per heavy atom. The molecule has 0 saturated carbocycles. The van der Waals surface area contributed by atoms with E-state index in [0.717, 1.165) is 10.9 Å². The standard InChI is InChI=1S/C20H27N3O5/c1-11(2)8-15(18(24)21-12(3)20(26)27)22-19(25)17-10-13-9-14(28-5)6-7-16(13)23(17)4/h6-7,9-12,15H,8H2,1-5H3,(H,21,24)(H,22,25)(H,26,27). The molecule has 2 unspecified atom stereocenters. The van der Waals surface area contributed by atoms with E-state index in [4.69, 9.17) is 9.84 Å². The van der Waals surface area contributed by atoms with Gasteiger partial charge >= 0.3 is 5.97 Å². The maximum Gasteiger partial charge on any atom is 0.325 e. The summed E-state index contributed by atoms with van der Waals surface area (Å²) in [4.78, 5) is 36.3. The van der Waals surface area contributed by atoms with Crippen molar-refractivity contribution < 1.29 is 24.2 Å². The average Bonchev–Trinajstić information content (AvgIpc) is 2.96. The zero-order valence-corrected chi connectivity index (χ0v) is 16.8. The van der Waals surface area contributed by atoms with Gasteiger partial charge in [0.25, 0.3) is 5.91 Å². The van der Waals surface area contributed by atoms with Crippen molar-refractivity contribution in [3.05, 3.63) is 30.0 Å². The van der Waals surface area contributed by atoms with Crippen LogP contribution in [0, 0.1) is 5.92 Å². The predicted octanol–water partition coefficient (Wildman–Crippen LogP) is 1.92. The van der Waals surface area contributed by atoms with Crippen LogP contribution in [0.3, 0.4) is 0 Å². The zero-order chi connectivity index (χ0) is 21.0. The Balaban J connectivity index is 2.25. The van der Waals surface area contributed by atoms with Gasteiger partial charge in [-0.2, -0.15) is 0 Å². The van der Waals surface area contributed by atoms with Gasteiger partial charge in [-0.3, -0.25) is 14.4 Å². The highest BCUT2D eigenvalue weighted by Gasteiger charge is 2.26. The summed E-state index contributed by atoms with van der Waals surface area (Å²) in [5.41, 5.74) is 1.26. The number of aromatic nitrogens is 1. The average molecular weight is 389 g/mol. The molecule has 8 heteroatoms. The van der Waals surface area contributed by atoms with Gasteiger partial charge in [0, 0.05) is 18.0 Å². The molecule has 2 aromatic rings. The van der Waals surface area contributed by atoms with E-state index in [2.05, 4.69) is 10.6 Å². The minimum atomic E-state index is -1.13. The van der Waals surface area contributed by atoms with Crippen LogP contribution in [-0.2, 0) is 16.6 Å². The molecule has 152 valence electrons. The van der Waals surface area contributed by atoms with Crippen molar-refractivity contribution in [1.29, 1.82) is 0 Å². The molecular formula is C20H27N3O5. The third-order valence-corrected chi connectivity index (χ3v) is 4.54. The number of benzene rings is 1. The van der Waals surface area contributed by atoms with Gasteiger partial charge in [0.1, 0.15) is 23.5 Å². The fourth-order valence-corrected chi connectivity index (χ4v) is 2.98. The molecule has 0 bridgehead atoms. The van der Waals surface area contributed by atoms with Crippen molar-refractivity contribution in [2.75, 3.05) is 7.11 Å². The first-order valence-corrected chi connectivity index (χ1v) is 9.11. The third kappa shape index (κ3) is 4.82. The van der Waals surface area contributed by atoms with E-state index in [0.29, 0.717) is 17.9 Å². The van der Waals surface area contributed by atoms with E-state index in [1.54, 1.807) is 24.8 Å². The molecule has 1 aromatic heterocycles. The van der Waals surface area contributed by atoms with Crippen LogP contribution in [0.5, 0.6) is 5.75 Å². The Bertz CT molecular complexity index is 887. The lowest BCUT2D eigenvalue weighted by Crippen LogP contribution is -2.51. The second kappa shape index (κ2) is 8.77. The van der Waals surface area contributed by atoms with Crippen LogP contribution in [-0.4, -0.2) is 46.7 Å². The van der Waals surface area contributed by atoms with Crippen molar-refractivity contribution in [2.24, 2.45) is 13.0 Å². The lowest BCUT2D eigenvalue weighted by atomic mass is 10.0. The molecule has 8 nitrogen and oxygen atoms in total. The highest BCUT2D eigenvalue weighted by Crippen LogP contribution is 2.24. The molecule has 0 aliphatic heterocycles. The van der Waals surface area contributed by atoms with E-state index >= 15 is 0 Å². The number of fused-ring (bicyclic) bond motifs is 1. The van der Waals surface area contributed by atoms with Crippen LogP contribution in [0.4, 0.5) is 0 Å². The molecule has 3 N–H and O–H groups in total. The number of carbonyl (C=O) groups is 3. The predicted molar refractivity (Wildman–Crippen MR) is 105 cm³/mol. The number of hydrogen-bond donors (Lipinski definition) is 3. The van der Waals surface area contributed by atoms with Crippen molar-refractivity contribution >= 4 is 28.7 Å². The highest BCUT2D eigenvalue weighted by atomic mass is 16.5. The number of ether oxygens (including phenoxy) is 1. The first-order chi connectivity index (χ1) is 13.1. The summed E-state index contributed by atoms with van der Waals surface area (Å²) in [5.74, 6) is -1.23. The molecule has 28 heavy (non-hydrogen) atoms. The minimum absolute atomic E-state index is 0.132. The summed E-state index contributed by atoms with van der Waals surface area (Å²) in [5, 5.41) is 15.0. The minimum Gasteiger partial charge on any atom is -0.497 e. The van der Waals surface area contributed by atoms with Gasteiger partial charge in [-0.25, -0.2) is 0 Å². The Morgan fingerprint density at radius 1 is 1.14 bits per heavy atom. The van der Waals surface area contributed by atoms with Gasteiger partial charge in [-0.05, 0) is 43.5 Å². The molecule has 0 radical (unpaired) electrons. The SMILES string of the molecule is COc1ccc2c(c1)cc(C(=O)NC(CC(C)C)C(=O)NC(C)C(=O)O)n2C. The number of carboxylic acid groups (broad SMARTS) is 1. The van der Waals surface area contributed by atoms with Crippen molar-refractivity contribution in [2.45, 2.75) is 39.3 Å². The number of amides is 2. The Hall–Kier alpha value is -3.03. The number of carboxylic acids is 1. The van der Waals surface area contributed by atoms with E-state index in [1.165, 1.54) is 6.92 Å². The normalized spacial score (nSPS) is 13.2. The van der Waals surface area contributed by atoms with E-state index in [9.17, 15) is 14.4 Å². The summed E-state index contributed by atoms with van der Waals surface area (Å²) in [6, 6.07) is 5.37. The van der Waals surface area contributed by atoms with Gasteiger partial charge in [0.2, 0.25) is 5.91 Å². The molecule has 0 spiro atoms. The molecule has 0 saturated heterocycles. The Labute approximate surface area is 163 Å². The van der Waals surface area contributed by atoms with Crippen LogP contribution < -0.4 is 15.4 Å². The van der Waals surface area contributed by atoms with Crippen LogP contribution in [0.2, 0.25) is 0 Å². The van der Waals surface area contributed by atoms with Gasteiger partial charge in [0.15, 0.2) is 0 Å². The lowest BCUT2D eigenvalue weighted by Gasteiger charge is -2.21. The van der Waals surface area contributed by atoms with Crippen LogP contribution >= 0.6 is 0 Å². The molecule has 2 atom stereocenters. The molecule has 2 rings (SSSR count). The van der Waals surface area contributed by atoms with Crippen LogP contribution in [0.25, 0.3) is 10.9 Å². The quantitative estimate of drug-likeness (QED) is 0.639. The first-order valence-electron chi connectivity index (χ1n) is 9.11. The van der Waals surface area contributed by atoms with Crippen molar-refractivity contribution in [3.8, 4) is 5.75 Å². The summed E-state index contributed by atoms with van der Waals surface area (Å²) < 4.78 is 6.96. The van der Waals surface area contributed by atoms with E-state index < -0.39 is 29.9 Å². The molecule has 0 aliphatic carbocycles. The fourth-order valence-electron chi connectivity index (χ4n) is 2.98. The molecule has 2 amide bonds. The summed E-state index contributed by atoms with van der Waals surface area (Å²) in [7, 11) is 3.35. The lowest BCUT2D eigenvalue weighted by molar-refractivity contribution is -0.141. The smallest absolute Gasteiger partial charge is 0.325 e. The van der Waals surface area contributed by atoms with Gasteiger partial charge < -0.3 is 25.0 Å². The number of aliphatic carboxylic acids is 1. The largest absolute Gasteiger partial charge is 0.497 e. The first kappa shape index (κ1) is 21.3. The van der Waals surface area contributed by atoms with Gasteiger partial charge in [-0.15, -0.1) is 0 Å². The summed E-state index contributed by atoms with van der Waals surface area (Å²) in [6.45, 7) is 5.23. The van der Waals surface area contributed by atoms with E-state index in [-0.39, 0.29) is 5.92 Å². The molecule has 0 fully saturated rings. The number of nitrogens with zero attached hydrogens (tertiary/aromatic N) is 1. The molecule has 0 aliphatic rings. The highest BCUT2D eigenvalue weighted by molar-refractivity contribution is 6.01. The number of carbonyl (C=O) groups excluding carboxylic acids is 2. The van der Waals surface area contributed by atoms with E-state index in [1.807, 2.05) is 32.0 Å². The topological polar surface area (TPSA) is 110 Å². The zero-order valence-electron chi connectivity index (χ0n) is 16.8. The Morgan fingerprint density at radius 2 is 1.82 bits per heavy atom. The third-order valence-electron chi connectivity index (χ3n) is 4.54. The van der Waals surface area contributed by atoms with Gasteiger partial charge in [0.05, 0.1) is 7.11 Å². The maximum absolute atomic E-state index is 12.8. The molecule has 1 heterocycles. The van der Waals surface area contributed by atoms with Crippen molar-refractivity contribution in [3.63, 3.8) is 0 Å². The second-order valence-corrected chi connectivity index (χ2v) is 7.24. The van der Waals surface area contributed by atoms with Gasteiger partial charge in [-0.1, -0.05) is 13.8 Å². The van der Waals surface area contributed by atoms with Crippen LogP contribution in [0.15, 0.2) is 24.3 Å². The monoisotopic (exact) mass is 389 g/mol. The number of rotatable bonds is 8.